The lowest BCUT2D eigenvalue weighted by molar-refractivity contribution is -0.136. The van der Waals surface area contributed by atoms with Crippen LogP contribution in [0, 0.1) is 13.8 Å². The number of nitrogens with zero attached hydrogens (tertiary/aromatic N) is 1. The molecule has 0 fully saturated rings. The molecule has 0 amide bonds. The van der Waals surface area contributed by atoms with Crippen LogP contribution in [0.25, 0.3) is 11.5 Å². The molecule has 2 aromatic carbocycles. The molecule has 0 radical (unpaired) electrons. The molecule has 0 saturated heterocycles. The Morgan fingerprint density at radius 2 is 1.89 bits per heavy atom. The van der Waals surface area contributed by atoms with Gasteiger partial charge in [-0.1, -0.05) is 24.3 Å². The highest BCUT2D eigenvalue weighted by molar-refractivity contribution is 5.67. The maximum absolute atomic E-state index is 10.7. The zero-order valence-corrected chi connectivity index (χ0v) is 15.6. The molecular formula is C22H23NO4. The van der Waals surface area contributed by atoms with Gasteiger partial charge in [0, 0.05) is 18.4 Å². The second-order valence-electron chi connectivity index (χ2n) is 6.47. The van der Waals surface area contributed by atoms with Crippen molar-refractivity contribution in [2.75, 3.05) is 6.61 Å². The first-order valence-corrected chi connectivity index (χ1v) is 8.99. The molecule has 140 valence electrons. The number of ether oxygens (including phenoxy) is 1. The minimum atomic E-state index is -0.785. The van der Waals surface area contributed by atoms with E-state index in [1.807, 2.05) is 62.4 Å². The van der Waals surface area contributed by atoms with Crippen molar-refractivity contribution in [2.45, 2.75) is 33.1 Å². The standard InChI is InChI=1S/C22H23NO4/c1-15-14-19(10-8-17(15)9-11-21(24)25)26-13-12-20-16(2)27-22(23-20)18-6-4-3-5-7-18/h3-8,10,14H,9,11-13H2,1-2H3,(H,24,25). The Labute approximate surface area is 158 Å². The Kier molecular flexibility index (Phi) is 5.91. The van der Waals surface area contributed by atoms with Crippen LogP contribution in [-0.4, -0.2) is 22.7 Å². The summed E-state index contributed by atoms with van der Waals surface area (Å²) in [7, 11) is 0. The van der Waals surface area contributed by atoms with E-state index in [0.717, 1.165) is 33.9 Å². The summed E-state index contributed by atoms with van der Waals surface area (Å²) in [6.07, 6.45) is 1.32. The third-order valence-electron chi connectivity index (χ3n) is 4.44. The molecule has 5 nitrogen and oxygen atoms in total. The lowest BCUT2D eigenvalue weighted by Gasteiger charge is -2.09. The second-order valence-corrected chi connectivity index (χ2v) is 6.47. The van der Waals surface area contributed by atoms with Crippen molar-refractivity contribution in [1.29, 1.82) is 0 Å². The molecule has 1 aromatic heterocycles. The summed E-state index contributed by atoms with van der Waals surface area (Å²) >= 11 is 0. The first-order chi connectivity index (χ1) is 13.0. The normalized spacial score (nSPS) is 10.7. The van der Waals surface area contributed by atoms with Gasteiger partial charge in [-0.05, 0) is 55.7 Å². The van der Waals surface area contributed by atoms with E-state index in [4.69, 9.17) is 14.3 Å². The van der Waals surface area contributed by atoms with Crippen LogP contribution in [0.1, 0.15) is 29.0 Å². The fourth-order valence-corrected chi connectivity index (χ4v) is 2.91. The maximum atomic E-state index is 10.7. The SMILES string of the molecule is Cc1cc(OCCc2nc(-c3ccccc3)oc2C)ccc1CCC(=O)O. The van der Waals surface area contributed by atoms with Gasteiger partial charge in [-0.3, -0.25) is 4.79 Å². The lowest BCUT2D eigenvalue weighted by Crippen LogP contribution is -2.04. The summed E-state index contributed by atoms with van der Waals surface area (Å²) in [6, 6.07) is 15.6. The highest BCUT2D eigenvalue weighted by Gasteiger charge is 2.11. The summed E-state index contributed by atoms with van der Waals surface area (Å²) < 4.78 is 11.6. The van der Waals surface area contributed by atoms with Crippen LogP contribution >= 0.6 is 0 Å². The minimum Gasteiger partial charge on any atom is -0.493 e. The van der Waals surface area contributed by atoms with Crippen LogP contribution in [0.15, 0.2) is 52.9 Å². The van der Waals surface area contributed by atoms with Gasteiger partial charge < -0.3 is 14.3 Å². The topological polar surface area (TPSA) is 72.6 Å². The van der Waals surface area contributed by atoms with Crippen molar-refractivity contribution in [1.82, 2.24) is 4.98 Å². The molecule has 0 atom stereocenters. The van der Waals surface area contributed by atoms with E-state index in [1.165, 1.54) is 0 Å². The van der Waals surface area contributed by atoms with E-state index in [0.29, 0.717) is 25.3 Å². The molecule has 1 heterocycles. The number of oxazole rings is 1. The van der Waals surface area contributed by atoms with Crippen molar-refractivity contribution in [3.05, 3.63) is 71.1 Å². The van der Waals surface area contributed by atoms with Gasteiger partial charge in [0.15, 0.2) is 0 Å². The fraction of sp³-hybridized carbons (Fsp3) is 0.273. The molecular weight excluding hydrogens is 342 g/mol. The van der Waals surface area contributed by atoms with Gasteiger partial charge in [0.1, 0.15) is 11.5 Å². The molecule has 0 spiro atoms. The van der Waals surface area contributed by atoms with Crippen molar-refractivity contribution < 1.29 is 19.1 Å². The largest absolute Gasteiger partial charge is 0.493 e. The van der Waals surface area contributed by atoms with Gasteiger partial charge in [-0.25, -0.2) is 4.98 Å². The minimum absolute atomic E-state index is 0.135. The molecule has 0 aliphatic heterocycles. The van der Waals surface area contributed by atoms with Gasteiger partial charge in [-0.15, -0.1) is 0 Å². The number of rotatable bonds is 8. The van der Waals surface area contributed by atoms with Crippen LogP contribution < -0.4 is 4.74 Å². The van der Waals surface area contributed by atoms with E-state index in [1.54, 1.807) is 0 Å². The Morgan fingerprint density at radius 1 is 1.11 bits per heavy atom. The number of hydrogen-bond donors (Lipinski definition) is 1. The van der Waals surface area contributed by atoms with Crippen molar-refractivity contribution in [3.63, 3.8) is 0 Å². The average Bonchev–Trinajstić information content (AvgIpc) is 3.02. The quantitative estimate of drug-likeness (QED) is 0.632. The van der Waals surface area contributed by atoms with Crippen molar-refractivity contribution in [3.8, 4) is 17.2 Å². The van der Waals surface area contributed by atoms with E-state index in [-0.39, 0.29) is 6.42 Å². The van der Waals surface area contributed by atoms with E-state index >= 15 is 0 Å². The van der Waals surface area contributed by atoms with Gasteiger partial charge in [0.05, 0.1) is 12.3 Å². The molecule has 27 heavy (non-hydrogen) atoms. The maximum Gasteiger partial charge on any atom is 0.303 e. The Hall–Kier alpha value is -3.08. The van der Waals surface area contributed by atoms with E-state index < -0.39 is 5.97 Å². The summed E-state index contributed by atoms with van der Waals surface area (Å²) in [5, 5.41) is 8.80. The number of hydrogen-bond acceptors (Lipinski definition) is 4. The van der Waals surface area contributed by atoms with E-state index in [9.17, 15) is 4.79 Å². The third kappa shape index (κ3) is 4.97. The van der Waals surface area contributed by atoms with Gasteiger partial charge in [0.2, 0.25) is 5.89 Å². The molecule has 0 bridgehead atoms. The molecule has 0 aliphatic carbocycles. The number of carboxylic acid groups (broad SMARTS) is 1. The molecule has 0 aliphatic rings. The number of carbonyl (C=O) groups is 1. The highest BCUT2D eigenvalue weighted by atomic mass is 16.5. The summed E-state index contributed by atoms with van der Waals surface area (Å²) in [5.74, 6) is 1.42. The molecule has 1 N–H and O–H groups in total. The zero-order chi connectivity index (χ0) is 19.2. The Morgan fingerprint density at radius 3 is 2.59 bits per heavy atom. The molecule has 0 unspecified atom stereocenters. The fourth-order valence-electron chi connectivity index (χ4n) is 2.91. The van der Waals surface area contributed by atoms with Crippen LogP contribution in [-0.2, 0) is 17.6 Å². The van der Waals surface area contributed by atoms with Crippen LogP contribution in [0.4, 0.5) is 0 Å². The lowest BCUT2D eigenvalue weighted by atomic mass is 10.0. The second kappa shape index (κ2) is 8.54. The summed E-state index contributed by atoms with van der Waals surface area (Å²) in [4.78, 5) is 15.3. The smallest absolute Gasteiger partial charge is 0.303 e. The zero-order valence-electron chi connectivity index (χ0n) is 15.6. The van der Waals surface area contributed by atoms with Crippen molar-refractivity contribution >= 4 is 5.97 Å². The molecule has 3 aromatic rings. The van der Waals surface area contributed by atoms with Crippen LogP contribution in [0.5, 0.6) is 5.75 Å². The first kappa shape index (κ1) is 18.7. The molecule has 3 rings (SSSR count). The van der Waals surface area contributed by atoms with Crippen LogP contribution in [0.2, 0.25) is 0 Å². The number of benzene rings is 2. The predicted molar refractivity (Wildman–Crippen MR) is 103 cm³/mol. The van der Waals surface area contributed by atoms with Gasteiger partial charge in [-0.2, -0.15) is 0 Å². The van der Waals surface area contributed by atoms with Crippen LogP contribution in [0.3, 0.4) is 0 Å². The summed E-state index contributed by atoms with van der Waals surface area (Å²) in [5.41, 5.74) is 3.92. The monoisotopic (exact) mass is 365 g/mol. The van der Waals surface area contributed by atoms with Gasteiger partial charge in [0.25, 0.3) is 0 Å². The number of aliphatic carboxylic acids is 1. The number of aromatic nitrogens is 1. The number of aryl methyl sites for hydroxylation is 3. The third-order valence-corrected chi connectivity index (χ3v) is 4.44. The average molecular weight is 365 g/mol. The molecule has 0 saturated carbocycles. The predicted octanol–water partition coefficient (Wildman–Crippen LogP) is 4.60. The first-order valence-electron chi connectivity index (χ1n) is 8.99. The number of carboxylic acids is 1. The van der Waals surface area contributed by atoms with Gasteiger partial charge >= 0.3 is 5.97 Å². The van der Waals surface area contributed by atoms with E-state index in [2.05, 4.69) is 4.98 Å². The Balaban J connectivity index is 1.58. The Bertz CT molecular complexity index is 915. The summed E-state index contributed by atoms with van der Waals surface area (Å²) in [6.45, 7) is 4.38. The highest BCUT2D eigenvalue weighted by Crippen LogP contribution is 2.22. The molecule has 5 heteroatoms. The van der Waals surface area contributed by atoms with Crippen molar-refractivity contribution in [2.24, 2.45) is 0 Å².